The molecule has 0 spiro atoms. The smallest absolute Gasteiger partial charge is 0.308 e. The third kappa shape index (κ3) is 6.91. The van der Waals surface area contributed by atoms with E-state index in [0.29, 0.717) is 25.1 Å². The number of aliphatic hydroxyl groups is 1. The highest BCUT2D eigenvalue weighted by Crippen LogP contribution is 2.34. The standard InChI is InChI=1S/C28H33ClN2O4S/c1-35-21-6-9-26-24(17-21)23(11-13-30-26)27(32)10-3-19-12-15-31(18-25(19)28(33)34)14-2-16-36-22-7-4-20(29)5-8-22/h4-9,11,13,17,19,25,27,32H,2-3,10,12,14-16,18H2,1H3,(H,33,34)/t19-,25+,27+/m1/s1. The largest absolute Gasteiger partial charge is 0.497 e. The lowest BCUT2D eigenvalue weighted by Gasteiger charge is -2.37. The predicted octanol–water partition coefficient (Wildman–Crippen LogP) is 5.92. The third-order valence-corrected chi connectivity index (χ3v) is 8.36. The quantitative estimate of drug-likeness (QED) is 0.236. The van der Waals surface area contributed by atoms with E-state index in [4.69, 9.17) is 16.3 Å². The molecule has 1 saturated heterocycles. The Morgan fingerprint density at radius 3 is 2.81 bits per heavy atom. The summed E-state index contributed by atoms with van der Waals surface area (Å²) in [5, 5.41) is 22.5. The molecule has 6 nitrogen and oxygen atoms in total. The van der Waals surface area contributed by atoms with Gasteiger partial charge in [0.15, 0.2) is 0 Å². The summed E-state index contributed by atoms with van der Waals surface area (Å²) in [6, 6.07) is 15.3. The van der Waals surface area contributed by atoms with Gasteiger partial charge in [0, 0.05) is 28.0 Å². The fourth-order valence-electron chi connectivity index (χ4n) is 5.00. The number of carbonyl (C=O) groups is 1. The number of carboxylic acids is 1. The normalized spacial score (nSPS) is 19.3. The van der Waals surface area contributed by atoms with Gasteiger partial charge in [-0.15, -0.1) is 11.8 Å². The minimum Gasteiger partial charge on any atom is -0.497 e. The van der Waals surface area contributed by atoms with Crippen LogP contribution >= 0.6 is 23.4 Å². The van der Waals surface area contributed by atoms with Crippen LogP contribution in [-0.4, -0.2) is 58.6 Å². The predicted molar refractivity (Wildman–Crippen MR) is 145 cm³/mol. The molecular weight excluding hydrogens is 496 g/mol. The number of likely N-dealkylation sites (tertiary alicyclic amines) is 1. The maximum Gasteiger partial charge on any atom is 0.308 e. The Kier molecular flexibility index (Phi) is 9.48. The van der Waals surface area contributed by atoms with Gasteiger partial charge < -0.3 is 19.8 Å². The maximum atomic E-state index is 12.1. The van der Waals surface area contributed by atoms with Crippen LogP contribution in [-0.2, 0) is 4.79 Å². The van der Waals surface area contributed by atoms with Gasteiger partial charge in [0.2, 0.25) is 0 Å². The van der Waals surface area contributed by atoms with E-state index in [1.54, 1.807) is 25.1 Å². The summed E-state index contributed by atoms with van der Waals surface area (Å²) in [7, 11) is 1.62. The topological polar surface area (TPSA) is 82.9 Å². The third-order valence-electron chi connectivity index (χ3n) is 7.01. The molecule has 2 N–H and O–H groups in total. The van der Waals surface area contributed by atoms with Gasteiger partial charge in [-0.05, 0) is 105 Å². The Hall–Kier alpha value is -2.32. The summed E-state index contributed by atoms with van der Waals surface area (Å²) in [5.74, 6) is 0.599. The first-order valence-corrected chi connectivity index (χ1v) is 13.7. The van der Waals surface area contributed by atoms with Crippen LogP contribution in [0.1, 0.15) is 37.4 Å². The lowest BCUT2D eigenvalue weighted by Crippen LogP contribution is -2.44. The van der Waals surface area contributed by atoms with Crippen LogP contribution in [0.3, 0.4) is 0 Å². The van der Waals surface area contributed by atoms with Crippen molar-refractivity contribution in [2.75, 3.05) is 32.5 Å². The molecule has 1 aliphatic heterocycles. The number of methoxy groups -OCH3 is 1. The fraction of sp³-hybridized carbons (Fsp3) is 0.429. The van der Waals surface area contributed by atoms with Gasteiger partial charge in [-0.25, -0.2) is 0 Å². The van der Waals surface area contributed by atoms with Crippen molar-refractivity contribution in [2.24, 2.45) is 11.8 Å². The van der Waals surface area contributed by atoms with E-state index < -0.39 is 18.0 Å². The summed E-state index contributed by atoms with van der Waals surface area (Å²) in [6.45, 7) is 2.35. The highest BCUT2D eigenvalue weighted by Gasteiger charge is 2.34. The van der Waals surface area contributed by atoms with Crippen LogP contribution in [0.5, 0.6) is 5.75 Å². The van der Waals surface area contributed by atoms with Crippen molar-refractivity contribution in [1.29, 1.82) is 0 Å². The van der Waals surface area contributed by atoms with Crippen molar-refractivity contribution < 1.29 is 19.7 Å². The molecule has 1 aliphatic rings. The van der Waals surface area contributed by atoms with Crippen molar-refractivity contribution in [2.45, 2.75) is 36.7 Å². The van der Waals surface area contributed by atoms with Crippen LogP contribution in [0.2, 0.25) is 5.02 Å². The van der Waals surface area contributed by atoms with Crippen LogP contribution < -0.4 is 4.74 Å². The second-order valence-electron chi connectivity index (χ2n) is 9.33. The van der Waals surface area contributed by atoms with Gasteiger partial charge in [-0.1, -0.05) is 11.6 Å². The number of thioether (sulfide) groups is 1. The van der Waals surface area contributed by atoms with E-state index in [2.05, 4.69) is 9.88 Å². The van der Waals surface area contributed by atoms with Crippen LogP contribution in [0.25, 0.3) is 10.9 Å². The molecule has 3 aromatic rings. The first kappa shape index (κ1) is 26.7. The number of fused-ring (bicyclic) bond motifs is 1. The Labute approximate surface area is 221 Å². The van der Waals surface area contributed by atoms with E-state index >= 15 is 0 Å². The van der Waals surface area contributed by atoms with Crippen molar-refractivity contribution in [3.05, 3.63) is 65.3 Å². The highest BCUT2D eigenvalue weighted by atomic mass is 35.5. The average molecular weight is 529 g/mol. The Bertz CT molecular complexity index is 1160. The fourth-order valence-corrected chi connectivity index (χ4v) is 5.96. The zero-order valence-electron chi connectivity index (χ0n) is 20.5. The Balaban J connectivity index is 1.29. The lowest BCUT2D eigenvalue weighted by atomic mass is 9.81. The molecule has 0 bridgehead atoms. The maximum absolute atomic E-state index is 12.1. The van der Waals surface area contributed by atoms with Crippen LogP contribution in [0.15, 0.2) is 59.6 Å². The summed E-state index contributed by atoms with van der Waals surface area (Å²) in [6.07, 6.45) is 4.05. The molecule has 2 aromatic carbocycles. The van der Waals surface area contributed by atoms with Crippen molar-refractivity contribution in [1.82, 2.24) is 9.88 Å². The highest BCUT2D eigenvalue weighted by molar-refractivity contribution is 7.99. The molecule has 0 aliphatic carbocycles. The monoisotopic (exact) mass is 528 g/mol. The van der Waals surface area contributed by atoms with Crippen molar-refractivity contribution in [3.63, 3.8) is 0 Å². The molecule has 0 unspecified atom stereocenters. The number of hydrogen-bond acceptors (Lipinski definition) is 6. The number of halogens is 1. The number of aromatic nitrogens is 1. The van der Waals surface area contributed by atoms with E-state index in [1.165, 1.54) is 4.90 Å². The van der Waals surface area contributed by atoms with E-state index in [-0.39, 0.29) is 5.92 Å². The molecule has 0 saturated carbocycles. The van der Waals surface area contributed by atoms with Crippen molar-refractivity contribution >= 4 is 40.2 Å². The van der Waals surface area contributed by atoms with E-state index in [0.717, 1.165) is 53.2 Å². The van der Waals surface area contributed by atoms with Gasteiger partial charge >= 0.3 is 5.97 Å². The molecule has 1 aromatic heterocycles. The summed E-state index contributed by atoms with van der Waals surface area (Å²) in [4.78, 5) is 19.9. The summed E-state index contributed by atoms with van der Waals surface area (Å²) < 4.78 is 5.34. The number of benzene rings is 2. The van der Waals surface area contributed by atoms with Crippen LogP contribution in [0.4, 0.5) is 0 Å². The molecule has 1 fully saturated rings. The van der Waals surface area contributed by atoms with Gasteiger partial charge in [-0.2, -0.15) is 0 Å². The molecule has 36 heavy (non-hydrogen) atoms. The molecule has 8 heteroatoms. The Morgan fingerprint density at radius 1 is 1.25 bits per heavy atom. The zero-order chi connectivity index (χ0) is 25.5. The minimum absolute atomic E-state index is 0.0551. The average Bonchev–Trinajstić information content (AvgIpc) is 2.90. The molecule has 3 atom stereocenters. The minimum atomic E-state index is -0.742. The van der Waals surface area contributed by atoms with Gasteiger partial charge in [-0.3, -0.25) is 9.78 Å². The second-order valence-corrected chi connectivity index (χ2v) is 10.9. The van der Waals surface area contributed by atoms with Crippen molar-refractivity contribution in [3.8, 4) is 5.75 Å². The lowest BCUT2D eigenvalue weighted by molar-refractivity contribution is -0.146. The molecular formula is C28H33ClN2O4S. The number of ether oxygens (including phenoxy) is 1. The number of nitrogens with zero attached hydrogens (tertiary/aromatic N) is 2. The van der Waals surface area contributed by atoms with Gasteiger partial charge in [0.25, 0.3) is 0 Å². The number of hydrogen-bond donors (Lipinski definition) is 2. The molecule has 0 amide bonds. The van der Waals surface area contributed by atoms with Crippen LogP contribution in [0, 0.1) is 11.8 Å². The first-order chi connectivity index (χ1) is 17.4. The molecule has 192 valence electrons. The molecule has 0 radical (unpaired) electrons. The number of rotatable bonds is 11. The Morgan fingerprint density at radius 2 is 2.06 bits per heavy atom. The number of piperidine rings is 1. The SMILES string of the molecule is COc1ccc2nccc([C@@H](O)CC[C@@H]3CCN(CCCSc4ccc(Cl)cc4)C[C@@H]3C(=O)O)c2c1. The zero-order valence-corrected chi connectivity index (χ0v) is 22.0. The summed E-state index contributed by atoms with van der Waals surface area (Å²) >= 11 is 7.74. The number of aliphatic carboxylic acids is 1. The second kappa shape index (κ2) is 12.8. The van der Waals surface area contributed by atoms with Gasteiger partial charge in [0.05, 0.1) is 24.6 Å². The number of carboxylic acid groups (broad SMARTS) is 1. The summed E-state index contributed by atoms with van der Waals surface area (Å²) in [5.41, 5.74) is 1.61. The van der Waals surface area contributed by atoms with E-state index in [9.17, 15) is 15.0 Å². The molecule has 4 rings (SSSR count). The van der Waals surface area contributed by atoms with E-state index in [1.807, 2.05) is 48.5 Å². The first-order valence-electron chi connectivity index (χ1n) is 12.4. The number of aliphatic hydroxyl groups excluding tert-OH is 1. The van der Waals surface area contributed by atoms with Gasteiger partial charge in [0.1, 0.15) is 5.75 Å². The number of pyridine rings is 1. The molecule has 2 heterocycles.